The zero-order chi connectivity index (χ0) is 11.2. The summed E-state index contributed by atoms with van der Waals surface area (Å²) >= 11 is 0. The molecule has 2 rings (SSSR count). The molecule has 3 nitrogen and oxygen atoms in total. The van der Waals surface area contributed by atoms with Crippen molar-refractivity contribution in [3.63, 3.8) is 0 Å². The first-order chi connectivity index (χ1) is 6.91. The minimum Gasteiger partial charge on any atom is -0.326 e. The van der Waals surface area contributed by atoms with Crippen molar-refractivity contribution in [3.8, 4) is 0 Å². The van der Waals surface area contributed by atoms with Crippen LogP contribution in [-0.2, 0) is 9.84 Å². The van der Waals surface area contributed by atoms with Gasteiger partial charge in [-0.2, -0.15) is 0 Å². The highest BCUT2D eigenvalue weighted by atomic mass is 32.2. The van der Waals surface area contributed by atoms with Gasteiger partial charge in [0.15, 0.2) is 9.84 Å². The summed E-state index contributed by atoms with van der Waals surface area (Å²) in [6, 6.07) is 5.46. The van der Waals surface area contributed by atoms with Gasteiger partial charge in [-0.05, 0) is 17.7 Å². The second-order valence-corrected chi connectivity index (χ2v) is 6.15. The Hall–Kier alpha value is -0.940. The molecule has 15 heavy (non-hydrogen) atoms. The number of hydrogen-bond donors (Lipinski definition) is 1. The second kappa shape index (κ2) is 3.28. The van der Waals surface area contributed by atoms with Crippen LogP contribution in [0.2, 0.25) is 0 Å². The maximum atomic E-state index is 12.6. The Labute approximate surface area is 88.0 Å². The number of nitrogens with two attached hydrogens (primary N) is 1. The van der Waals surface area contributed by atoms with Gasteiger partial charge in [-0.3, -0.25) is 0 Å². The first-order valence-electron chi connectivity index (χ1n) is 4.61. The summed E-state index contributed by atoms with van der Waals surface area (Å²) in [6.45, 7) is 0. The van der Waals surface area contributed by atoms with Crippen molar-refractivity contribution in [2.24, 2.45) is 5.73 Å². The zero-order valence-electron chi connectivity index (χ0n) is 8.22. The van der Waals surface area contributed by atoms with Gasteiger partial charge in [0.2, 0.25) is 0 Å². The number of sulfone groups is 1. The summed E-state index contributed by atoms with van der Waals surface area (Å²) in [5.41, 5.74) is 6.49. The molecule has 1 fully saturated rings. The van der Waals surface area contributed by atoms with E-state index < -0.39 is 15.1 Å². The van der Waals surface area contributed by atoms with Crippen LogP contribution >= 0.6 is 0 Å². The SMILES string of the molecule is CS(=O)(=O)C1C(N)C1c1ccc(F)cc1. The maximum Gasteiger partial charge on any atom is 0.152 e. The molecule has 3 unspecified atom stereocenters. The van der Waals surface area contributed by atoms with Crippen LogP contribution in [0.5, 0.6) is 0 Å². The lowest BCUT2D eigenvalue weighted by Crippen LogP contribution is -2.13. The molecular weight excluding hydrogens is 217 g/mol. The molecular formula is C10H12FNO2S. The quantitative estimate of drug-likeness (QED) is 0.810. The maximum absolute atomic E-state index is 12.6. The second-order valence-electron chi connectivity index (χ2n) is 3.95. The molecule has 1 aliphatic rings. The van der Waals surface area contributed by atoms with Crippen LogP contribution in [0.1, 0.15) is 11.5 Å². The fourth-order valence-corrected chi connectivity index (χ4v) is 3.47. The molecule has 1 aromatic carbocycles. The standard InChI is InChI=1S/C10H12FNO2S/c1-15(13,14)10-8(9(10)12)6-2-4-7(11)5-3-6/h2-5,8-10H,12H2,1H3. The Morgan fingerprint density at radius 3 is 2.20 bits per heavy atom. The minimum absolute atomic E-state index is 0.180. The van der Waals surface area contributed by atoms with Crippen LogP contribution in [-0.4, -0.2) is 26.0 Å². The Morgan fingerprint density at radius 1 is 1.27 bits per heavy atom. The summed E-state index contributed by atoms with van der Waals surface area (Å²) in [7, 11) is -3.11. The lowest BCUT2D eigenvalue weighted by molar-refractivity contribution is 0.599. The van der Waals surface area contributed by atoms with Crippen molar-refractivity contribution < 1.29 is 12.8 Å². The van der Waals surface area contributed by atoms with E-state index in [9.17, 15) is 12.8 Å². The summed E-state index contributed by atoms with van der Waals surface area (Å²) in [5, 5.41) is -0.511. The molecule has 0 amide bonds. The topological polar surface area (TPSA) is 60.2 Å². The van der Waals surface area contributed by atoms with Crippen LogP contribution in [0, 0.1) is 5.82 Å². The predicted octanol–water partition coefficient (Wildman–Crippen LogP) is 0.663. The summed E-state index contributed by atoms with van der Waals surface area (Å²) in [6.07, 6.45) is 1.18. The van der Waals surface area contributed by atoms with Crippen molar-refractivity contribution in [2.75, 3.05) is 6.26 Å². The van der Waals surface area contributed by atoms with E-state index in [-0.39, 0.29) is 17.8 Å². The van der Waals surface area contributed by atoms with Crippen LogP contribution in [0.25, 0.3) is 0 Å². The third-order valence-corrected chi connectivity index (χ3v) is 4.35. The molecule has 0 radical (unpaired) electrons. The highest BCUT2D eigenvalue weighted by Gasteiger charge is 2.54. The number of hydrogen-bond acceptors (Lipinski definition) is 3. The van der Waals surface area contributed by atoms with Gasteiger partial charge in [0.1, 0.15) is 5.82 Å². The molecule has 0 aliphatic heterocycles. The van der Waals surface area contributed by atoms with E-state index in [0.29, 0.717) is 0 Å². The van der Waals surface area contributed by atoms with Gasteiger partial charge < -0.3 is 5.73 Å². The Morgan fingerprint density at radius 2 is 1.80 bits per heavy atom. The normalized spacial score (nSPS) is 30.2. The first-order valence-corrected chi connectivity index (χ1v) is 6.56. The monoisotopic (exact) mass is 229 g/mol. The van der Waals surface area contributed by atoms with Gasteiger partial charge in [-0.15, -0.1) is 0 Å². The molecule has 0 spiro atoms. The first kappa shape index (κ1) is 10.6. The van der Waals surface area contributed by atoms with E-state index in [1.54, 1.807) is 12.1 Å². The van der Waals surface area contributed by atoms with Gasteiger partial charge in [0.05, 0.1) is 5.25 Å². The minimum atomic E-state index is -3.11. The van der Waals surface area contributed by atoms with Gasteiger partial charge in [0, 0.05) is 18.2 Å². The highest BCUT2D eigenvalue weighted by Crippen LogP contribution is 2.44. The molecule has 1 saturated carbocycles. The smallest absolute Gasteiger partial charge is 0.152 e. The summed E-state index contributed by atoms with van der Waals surface area (Å²) in [4.78, 5) is 0. The molecule has 2 N–H and O–H groups in total. The molecule has 3 atom stereocenters. The summed E-state index contributed by atoms with van der Waals surface area (Å²) < 4.78 is 35.3. The van der Waals surface area contributed by atoms with Gasteiger partial charge >= 0.3 is 0 Å². The third-order valence-electron chi connectivity index (χ3n) is 2.76. The average molecular weight is 229 g/mol. The van der Waals surface area contributed by atoms with Crippen LogP contribution in [0.4, 0.5) is 4.39 Å². The Balaban J connectivity index is 2.26. The molecule has 0 saturated heterocycles. The Kier molecular flexibility index (Phi) is 2.31. The molecule has 0 aromatic heterocycles. The zero-order valence-corrected chi connectivity index (χ0v) is 9.04. The van der Waals surface area contributed by atoms with E-state index in [1.165, 1.54) is 18.4 Å². The lowest BCUT2D eigenvalue weighted by atomic mass is 10.1. The Bertz CT molecular complexity index is 469. The van der Waals surface area contributed by atoms with E-state index in [1.807, 2.05) is 0 Å². The predicted molar refractivity (Wildman–Crippen MR) is 55.7 cm³/mol. The summed E-state index contributed by atoms with van der Waals surface area (Å²) in [5.74, 6) is -0.510. The van der Waals surface area contributed by atoms with Crippen LogP contribution in [0.15, 0.2) is 24.3 Å². The van der Waals surface area contributed by atoms with Crippen LogP contribution < -0.4 is 5.73 Å². The van der Waals surface area contributed by atoms with Crippen molar-refractivity contribution in [3.05, 3.63) is 35.6 Å². The molecule has 1 aliphatic carbocycles. The number of rotatable bonds is 2. The third kappa shape index (κ3) is 1.89. The van der Waals surface area contributed by atoms with E-state index in [2.05, 4.69) is 0 Å². The van der Waals surface area contributed by atoms with Crippen molar-refractivity contribution >= 4 is 9.84 Å². The van der Waals surface area contributed by atoms with Gasteiger partial charge in [-0.1, -0.05) is 12.1 Å². The molecule has 5 heteroatoms. The van der Waals surface area contributed by atoms with Crippen LogP contribution in [0.3, 0.4) is 0 Å². The van der Waals surface area contributed by atoms with Crippen molar-refractivity contribution in [1.29, 1.82) is 0 Å². The number of halogens is 1. The largest absolute Gasteiger partial charge is 0.326 e. The van der Waals surface area contributed by atoms with Gasteiger partial charge in [-0.25, -0.2) is 12.8 Å². The number of benzene rings is 1. The average Bonchev–Trinajstić information content (AvgIpc) is 2.78. The highest BCUT2D eigenvalue weighted by molar-refractivity contribution is 7.91. The molecule has 1 aromatic rings. The molecule has 0 heterocycles. The lowest BCUT2D eigenvalue weighted by Gasteiger charge is -1.98. The fourth-order valence-electron chi connectivity index (χ4n) is 1.95. The van der Waals surface area contributed by atoms with Crippen molar-refractivity contribution in [1.82, 2.24) is 0 Å². The van der Waals surface area contributed by atoms with E-state index in [4.69, 9.17) is 5.73 Å². The fraction of sp³-hybridized carbons (Fsp3) is 0.400. The van der Waals surface area contributed by atoms with Gasteiger partial charge in [0.25, 0.3) is 0 Å². The van der Waals surface area contributed by atoms with E-state index >= 15 is 0 Å². The van der Waals surface area contributed by atoms with E-state index in [0.717, 1.165) is 5.56 Å². The molecule has 82 valence electrons. The molecule has 0 bridgehead atoms. The van der Waals surface area contributed by atoms with Crippen molar-refractivity contribution in [2.45, 2.75) is 17.2 Å².